The van der Waals surface area contributed by atoms with Crippen molar-refractivity contribution in [3.05, 3.63) is 138 Å². The molecule has 6 nitrogen and oxygen atoms in total. The summed E-state index contributed by atoms with van der Waals surface area (Å²) >= 11 is 0. The minimum absolute atomic E-state index is 0.545. The van der Waals surface area contributed by atoms with Crippen LogP contribution in [0.15, 0.2) is 121 Å². The van der Waals surface area contributed by atoms with E-state index >= 15 is 0 Å². The number of hydrogen-bond acceptors (Lipinski definition) is 3. The van der Waals surface area contributed by atoms with Crippen LogP contribution in [0.5, 0.6) is 0 Å². The van der Waals surface area contributed by atoms with Crippen molar-refractivity contribution in [3.8, 4) is 35.3 Å². The number of aromatic nitrogens is 3. The predicted octanol–water partition coefficient (Wildman–Crippen LogP) is 8.29. The summed E-state index contributed by atoms with van der Waals surface area (Å²) in [6.45, 7) is 0. The number of para-hydroxylation sites is 5. The fourth-order valence-electron chi connectivity index (χ4n) is 6.48. The molecule has 0 bridgehead atoms. The molecule has 8 aromatic rings. The van der Waals surface area contributed by atoms with E-state index in [1.807, 2.05) is 97.1 Å². The van der Waals surface area contributed by atoms with Crippen molar-refractivity contribution in [2.75, 3.05) is 0 Å². The third-order valence-electron chi connectivity index (χ3n) is 8.16. The highest BCUT2D eigenvalue weighted by Gasteiger charge is 2.29. The Morgan fingerprint density at radius 1 is 0.349 bits per heavy atom. The second-order valence-electron chi connectivity index (χ2n) is 10.3. The van der Waals surface area contributed by atoms with Crippen LogP contribution in [0.2, 0.25) is 0 Å². The fourth-order valence-corrected chi connectivity index (χ4v) is 6.48. The van der Waals surface area contributed by atoms with Gasteiger partial charge in [0.25, 0.3) is 0 Å². The average Bonchev–Trinajstić information content (AvgIpc) is 3.70. The number of hydrogen-bond donors (Lipinski definition) is 0. The lowest BCUT2D eigenvalue weighted by molar-refractivity contribution is 1.14. The molecule has 0 unspecified atom stereocenters. The Morgan fingerprint density at radius 2 is 0.674 bits per heavy atom. The maximum Gasteiger partial charge on any atom is 0.101 e. The Labute approximate surface area is 246 Å². The molecule has 0 aliphatic rings. The van der Waals surface area contributed by atoms with E-state index in [2.05, 4.69) is 56.2 Å². The molecule has 0 radical (unpaired) electrons. The molecule has 0 fully saturated rings. The van der Waals surface area contributed by atoms with Gasteiger partial charge in [0.15, 0.2) is 0 Å². The maximum absolute atomic E-state index is 10.2. The van der Waals surface area contributed by atoms with Crippen molar-refractivity contribution in [2.45, 2.75) is 0 Å². The molecule has 0 aliphatic heterocycles. The van der Waals surface area contributed by atoms with Crippen molar-refractivity contribution in [1.29, 1.82) is 15.8 Å². The zero-order valence-electron chi connectivity index (χ0n) is 22.7. The number of rotatable bonds is 3. The Hall–Kier alpha value is -6.55. The molecule has 198 valence electrons. The molecule has 0 saturated carbocycles. The molecule has 5 aromatic carbocycles. The molecule has 0 saturated heterocycles. The molecule has 8 rings (SSSR count). The second-order valence-corrected chi connectivity index (χ2v) is 10.3. The molecule has 3 heterocycles. The van der Waals surface area contributed by atoms with Crippen LogP contribution in [-0.2, 0) is 0 Å². The fraction of sp³-hybridized carbons (Fsp3) is 0. The monoisotopic (exact) mass is 548 g/mol. The van der Waals surface area contributed by atoms with Crippen LogP contribution in [0.1, 0.15) is 16.7 Å². The standard InChI is InChI=1S/C37H20N6/c38-21-24-11-1-6-16-29(24)41-32-19-9-4-14-27(32)34-36(41)37-35(43(34)31-18-8-3-13-26(31)23-40)28-15-5-10-20-33(28)42(37)30-17-7-2-12-25(30)22-39/h1-20H. The number of fused-ring (bicyclic) bond motifs is 7. The summed E-state index contributed by atoms with van der Waals surface area (Å²) in [4.78, 5) is 0. The first-order chi connectivity index (χ1) is 21.3. The van der Waals surface area contributed by atoms with Crippen LogP contribution >= 0.6 is 0 Å². The van der Waals surface area contributed by atoms with Gasteiger partial charge in [0, 0.05) is 10.8 Å². The van der Waals surface area contributed by atoms with E-state index in [-0.39, 0.29) is 0 Å². The van der Waals surface area contributed by atoms with Crippen LogP contribution in [-0.4, -0.2) is 13.7 Å². The molecular weight excluding hydrogens is 528 g/mol. The van der Waals surface area contributed by atoms with Gasteiger partial charge in [-0.05, 0) is 48.5 Å². The Morgan fingerprint density at radius 3 is 1.07 bits per heavy atom. The zero-order valence-corrected chi connectivity index (χ0v) is 22.7. The lowest BCUT2D eigenvalue weighted by Gasteiger charge is -2.12. The first kappa shape index (κ1) is 24.3. The van der Waals surface area contributed by atoms with E-state index in [0.717, 1.165) is 60.9 Å². The number of nitrogens with zero attached hydrogens (tertiary/aromatic N) is 6. The van der Waals surface area contributed by atoms with Crippen LogP contribution in [0.3, 0.4) is 0 Å². The minimum atomic E-state index is 0.545. The molecular formula is C37H20N6. The molecule has 0 aliphatic carbocycles. The van der Waals surface area contributed by atoms with Crippen molar-refractivity contribution in [3.63, 3.8) is 0 Å². The number of benzene rings is 5. The minimum Gasteiger partial charge on any atom is -0.305 e. The largest absolute Gasteiger partial charge is 0.305 e. The van der Waals surface area contributed by atoms with Crippen LogP contribution < -0.4 is 0 Å². The molecule has 6 heteroatoms. The second kappa shape index (κ2) is 9.25. The van der Waals surface area contributed by atoms with E-state index in [0.29, 0.717) is 16.7 Å². The van der Waals surface area contributed by atoms with Gasteiger partial charge < -0.3 is 13.7 Å². The highest BCUT2D eigenvalue weighted by molar-refractivity contribution is 6.25. The summed E-state index contributed by atoms with van der Waals surface area (Å²) < 4.78 is 6.49. The lowest BCUT2D eigenvalue weighted by atomic mass is 10.1. The number of nitriles is 3. The molecule has 0 N–H and O–H groups in total. The highest BCUT2D eigenvalue weighted by Crippen LogP contribution is 2.46. The van der Waals surface area contributed by atoms with Gasteiger partial charge >= 0.3 is 0 Å². The third-order valence-corrected chi connectivity index (χ3v) is 8.16. The SMILES string of the molecule is N#Cc1ccccc1-n1c2ccccc2c2c1c1c(c3ccccc3n1-c1ccccc1C#N)n2-c1ccccc1C#N. The van der Waals surface area contributed by atoms with E-state index in [1.165, 1.54) is 0 Å². The van der Waals surface area contributed by atoms with Gasteiger partial charge in [-0.15, -0.1) is 0 Å². The van der Waals surface area contributed by atoms with Crippen LogP contribution in [0, 0.1) is 34.0 Å². The Bertz CT molecular complexity index is 2400. The van der Waals surface area contributed by atoms with E-state index in [9.17, 15) is 15.8 Å². The summed E-state index contributed by atoms with van der Waals surface area (Å²) in [5, 5.41) is 32.6. The van der Waals surface area contributed by atoms with Crippen molar-refractivity contribution < 1.29 is 0 Å². The maximum atomic E-state index is 10.2. The van der Waals surface area contributed by atoms with E-state index in [1.54, 1.807) is 0 Å². The molecule has 0 amide bonds. The van der Waals surface area contributed by atoms with Gasteiger partial charge in [-0.1, -0.05) is 72.8 Å². The average molecular weight is 549 g/mol. The Balaban J connectivity index is 1.75. The third kappa shape index (κ3) is 3.25. The van der Waals surface area contributed by atoms with Gasteiger partial charge in [0.05, 0.1) is 66.9 Å². The topological polar surface area (TPSA) is 86.2 Å². The van der Waals surface area contributed by atoms with Crippen LogP contribution in [0.25, 0.3) is 60.9 Å². The summed E-state index contributed by atoms with van der Waals surface area (Å²) in [5.74, 6) is 0. The first-order valence-electron chi connectivity index (χ1n) is 13.8. The smallest absolute Gasteiger partial charge is 0.101 e. The molecule has 0 spiro atoms. The van der Waals surface area contributed by atoms with Crippen molar-refractivity contribution in [1.82, 2.24) is 13.7 Å². The van der Waals surface area contributed by atoms with Crippen molar-refractivity contribution in [2.24, 2.45) is 0 Å². The molecule has 43 heavy (non-hydrogen) atoms. The molecule has 0 atom stereocenters. The van der Waals surface area contributed by atoms with E-state index < -0.39 is 0 Å². The summed E-state index contributed by atoms with van der Waals surface area (Å²) in [6, 6.07) is 46.3. The summed E-state index contributed by atoms with van der Waals surface area (Å²) in [6.07, 6.45) is 0. The van der Waals surface area contributed by atoms with E-state index in [4.69, 9.17) is 0 Å². The first-order valence-corrected chi connectivity index (χ1v) is 13.8. The lowest BCUT2D eigenvalue weighted by Crippen LogP contribution is -2.00. The van der Waals surface area contributed by atoms with Gasteiger partial charge in [-0.3, -0.25) is 0 Å². The highest BCUT2D eigenvalue weighted by atomic mass is 15.1. The van der Waals surface area contributed by atoms with Crippen LogP contribution in [0.4, 0.5) is 0 Å². The van der Waals surface area contributed by atoms with Gasteiger partial charge in [0.1, 0.15) is 18.2 Å². The van der Waals surface area contributed by atoms with Gasteiger partial charge in [0.2, 0.25) is 0 Å². The quantitative estimate of drug-likeness (QED) is 0.223. The normalized spacial score (nSPS) is 11.2. The van der Waals surface area contributed by atoms with Gasteiger partial charge in [-0.2, -0.15) is 15.8 Å². The predicted molar refractivity (Wildman–Crippen MR) is 169 cm³/mol. The van der Waals surface area contributed by atoms with Crippen molar-refractivity contribution >= 4 is 43.9 Å². The Kier molecular flexibility index (Phi) is 5.22. The molecule has 3 aromatic heterocycles. The zero-order chi connectivity index (χ0) is 29.1. The summed E-state index contributed by atoms with van der Waals surface area (Å²) in [5.41, 5.74) is 9.40. The van der Waals surface area contributed by atoms with Gasteiger partial charge in [-0.25, -0.2) is 0 Å². The summed E-state index contributed by atoms with van der Waals surface area (Å²) in [7, 11) is 0.